The van der Waals surface area contributed by atoms with Crippen molar-refractivity contribution in [2.75, 3.05) is 6.61 Å². The lowest BCUT2D eigenvalue weighted by molar-refractivity contribution is -0.111. The van der Waals surface area contributed by atoms with Gasteiger partial charge >= 0.3 is 0 Å². The molecule has 0 atom stereocenters. The number of benzene rings is 1. The van der Waals surface area contributed by atoms with Crippen LogP contribution in [0, 0.1) is 0 Å². The summed E-state index contributed by atoms with van der Waals surface area (Å²) in [6.45, 7) is 3.93. The first kappa shape index (κ1) is 12.1. The van der Waals surface area contributed by atoms with E-state index < -0.39 is 5.24 Å². The second kappa shape index (κ2) is 5.79. The third kappa shape index (κ3) is 3.94. The van der Waals surface area contributed by atoms with Crippen LogP contribution in [0.15, 0.2) is 30.9 Å². The molecule has 0 spiro atoms. The molecular formula is C11H10Cl2O2. The molecule has 1 aromatic rings. The normalized spacial score (nSPS) is 9.73. The van der Waals surface area contributed by atoms with Gasteiger partial charge in [-0.3, -0.25) is 4.79 Å². The molecule has 80 valence electrons. The molecule has 0 radical (unpaired) electrons. The zero-order chi connectivity index (χ0) is 11.3. The van der Waals surface area contributed by atoms with Crippen molar-refractivity contribution >= 4 is 28.4 Å². The number of ether oxygens (including phenoxy) is 1. The van der Waals surface area contributed by atoms with Crippen molar-refractivity contribution in [1.82, 2.24) is 0 Å². The minimum Gasteiger partial charge on any atom is -0.488 e. The van der Waals surface area contributed by atoms with E-state index in [1.54, 1.807) is 24.3 Å². The molecule has 0 saturated carbocycles. The topological polar surface area (TPSA) is 26.3 Å². The molecule has 0 N–H and O–H groups in total. The molecule has 0 saturated heterocycles. The summed E-state index contributed by atoms with van der Waals surface area (Å²) in [7, 11) is 0. The van der Waals surface area contributed by atoms with Gasteiger partial charge in [-0.05, 0) is 29.3 Å². The van der Waals surface area contributed by atoms with Gasteiger partial charge in [0.1, 0.15) is 12.4 Å². The molecule has 0 aliphatic carbocycles. The predicted molar refractivity (Wildman–Crippen MR) is 61.7 cm³/mol. The van der Waals surface area contributed by atoms with Crippen molar-refractivity contribution in [3.05, 3.63) is 41.4 Å². The van der Waals surface area contributed by atoms with Crippen molar-refractivity contribution in [2.24, 2.45) is 0 Å². The molecule has 0 unspecified atom stereocenters. The molecule has 0 aromatic heterocycles. The van der Waals surface area contributed by atoms with Crippen LogP contribution in [0.1, 0.15) is 5.56 Å². The molecule has 0 heterocycles. The van der Waals surface area contributed by atoms with Crippen LogP contribution >= 0.6 is 23.2 Å². The Balaban J connectivity index is 2.78. The van der Waals surface area contributed by atoms with Crippen molar-refractivity contribution in [2.45, 2.75) is 6.42 Å². The van der Waals surface area contributed by atoms with E-state index in [4.69, 9.17) is 27.9 Å². The Hall–Kier alpha value is -0.990. The maximum Gasteiger partial charge on any atom is 0.226 e. The fourth-order valence-corrected chi connectivity index (χ4v) is 1.49. The summed E-state index contributed by atoms with van der Waals surface area (Å²) in [5, 5.41) is 0.0538. The van der Waals surface area contributed by atoms with Gasteiger partial charge in [0.25, 0.3) is 0 Å². The van der Waals surface area contributed by atoms with E-state index in [1.165, 1.54) is 0 Å². The molecule has 0 aliphatic heterocycles. The van der Waals surface area contributed by atoms with Gasteiger partial charge in [-0.1, -0.05) is 30.3 Å². The Morgan fingerprint density at radius 1 is 1.53 bits per heavy atom. The molecule has 1 aromatic carbocycles. The Morgan fingerprint density at radius 3 is 2.80 bits per heavy atom. The van der Waals surface area contributed by atoms with Gasteiger partial charge in [-0.25, -0.2) is 0 Å². The summed E-state index contributed by atoms with van der Waals surface area (Å²) in [6.07, 6.45) is 1.80. The largest absolute Gasteiger partial charge is 0.488 e. The Bertz CT molecular complexity index is 375. The zero-order valence-corrected chi connectivity index (χ0v) is 9.52. The van der Waals surface area contributed by atoms with Gasteiger partial charge in [-0.15, -0.1) is 0 Å². The van der Waals surface area contributed by atoms with Crippen molar-refractivity contribution in [3.8, 4) is 5.75 Å². The highest BCUT2D eigenvalue weighted by molar-refractivity contribution is 6.63. The number of carbonyl (C=O) groups excluding carboxylic acids is 1. The zero-order valence-electron chi connectivity index (χ0n) is 8.00. The second-order valence-electron chi connectivity index (χ2n) is 2.90. The molecule has 4 heteroatoms. The number of carbonyl (C=O) groups is 1. The molecule has 15 heavy (non-hydrogen) atoms. The van der Waals surface area contributed by atoms with E-state index in [-0.39, 0.29) is 6.42 Å². The summed E-state index contributed by atoms with van der Waals surface area (Å²) in [5.74, 6) is 0.572. The third-order valence-corrected chi connectivity index (χ3v) is 2.13. The highest BCUT2D eigenvalue weighted by Crippen LogP contribution is 2.25. The smallest absolute Gasteiger partial charge is 0.226 e. The molecule has 1 rings (SSSR count). The molecule has 0 amide bonds. The lowest BCUT2D eigenvalue weighted by Gasteiger charge is -2.06. The van der Waals surface area contributed by atoms with Gasteiger partial charge in [0.15, 0.2) is 0 Å². The van der Waals surface area contributed by atoms with Crippen LogP contribution in [0.3, 0.4) is 0 Å². The van der Waals surface area contributed by atoms with Crippen LogP contribution in [0.5, 0.6) is 5.75 Å². The lowest BCUT2D eigenvalue weighted by atomic mass is 10.1. The number of rotatable bonds is 5. The molecule has 0 bridgehead atoms. The van der Waals surface area contributed by atoms with Gasteiger partial charge in [0, 0.05) is 6.42 Å². The first-order valence-electron chi connectivity index (χ1n) is 4.34. The van der Waals surface area contributed by atoms with Crippen LogP contribution < -0.4 is 4.74 Å². The minimum absolute atomic E-state index is 0.170. The van der Waals surface area contributed by atoms with E-state index in [0.29, 0.717) is 17.4 Å². The molecule has 0 fully saturated rings. The quantitative estimate of drug-likeness (QED) is 0.588. The molecular weight excluding hydrogens is 235 g/mol. The van der Waals surface area contributed by atoms with Crippen LogP contribution in [0.4, 0.5) is 0 Å². The van der Waals surface area contributed by atoms with Crippen LogP contribution in [-0.4, -0.2) is 11.8 Å². The first-order valence-corrected chi connectivity index (χ1v) is 5.09. The summed E-state index contributed by atoms with van der Waals surface area (Å²) >= 11 is 11.2. The van der Waals surface area contributed by atoms with E-state index in [0.717, 1.165) is 5.56 Å². The van der Waals surface area contributed by atoms with Crippen LogP contribution in [0.2, 0.25) is 5.02 Å². The number of hydrogen-bond donors (Lipinski definition) is 0. The average Bonchev–Trinajstić information content (AvgIpc) is 2.15. The highest BCUT2D eigenvalue weighted by atomic mass is 35.5. The molecule has 2 nitrogen and oxygen atoms in total. The summed E-state index contributed by atoms with van der Waals surface area (Å²) < 4.78 is 5.28. The first-order chi connectivity index (χ1) is 7.13. The predicted octanol–water partition coefficient (Wildman–Crippen LogP) is 3.21. The standard InChI is InChI=1S/C11H10Cl2O2/c1-2-5-15-10-4-3-8(6-9(10)12)7-11(13)14/h2-4,6H,1,5,7H2. The Kier molecular flexibility index (Phi) is 4.66. The maximum atomic E-state index is 10.7. The minimum atomic E-state index is -0.411. The number of hydrogen-bond acceptors (Lipinski definition) is 2. The average molecular weight is 245 g/mol. The highest BCUT2D eigenvalue weighted by Gasteiger charge is 2.04. The third-order valence-electron chi connectivity index (χ3n) is 1.70. The number of halogens is 2. The molecule has 0 aliphatic rings. The van der Waals surface area contributed by atoms with E-state index in [1.807, 2.05) is 0 Å². The maximum absolute atomic E-state index is 10.7. The van der Waals surface area contributed by atoms with Gasteiger partial charge in [0.05, 0.1) is 5.02 Å². The van der Waals surface area contributed by atoms with E-state index in [2.05, 4.69) is 6.58 Å². The monoisotopic (exact) mass is 244 g/mol. The van der Waals surface area contributed by atoms with E-state index >= 15 is 0 Å². The SMILES string of the molecule is C=CCOc1ccc(CC(=O)Cl)cc1Cl. The summed E-state index contributed by atoms with van der Waals surface area (Å²) in [4.78, 5) is 10.7. The fourth-order valence-electron chi connectivity index (χ4n) is 1.08. The van der Waals surface area contributed by atoms with Crippen molar-refractivity contribution < 1.29 is 9.53 Å². The Morgan fingerprint density at radius 2 is 2.27 bits per heavy atom. The van der Waals surface area contributed by atoms with Gasteiger partial charge in [-0.2, -0.15) is 0 Å². The summed E-state index contributed by atoms with van der Waals surface area (Å²) in [6, 6.07) is 5.13. The van der Waals surface area contributed by atoms with Gasteiger partial charge in [0.2, 0.25) is 5.24 Å². The van der Waals surface area contributed by atoms with Crippen molar-refractivity contribution in [1.29, 1.82) is 0 Å². The lowest BCUT2D eigenvalue weighted by Crippen LogP contribution is -1.96. The Labute approximate surface area is 98.4 Å². The summed E-state index contributed by atoms with van der Waals surface area (Å²) in [5.41, 5.74) is 0.769. The van der Waals surface area contributed by atoms with Crippen molar-refractivity contribution in [3.63, 3.8) is 0 Å². The van der Waals surface area contributed by atoms with E-state index in [9.17, 15) is 4.79 Å². The second-order valence-corrected chi connectivity index (χ2v) is 3.73. The van der Waals surface area contributed by atoms with Crippen LogP contribution in [-0.2, 0) is 11.2 Å². The van der Waals surface area contributed by atoms with Crippen LogP contribution in [0.25, 0.3) is 0 Å². The fraction of sp³-hybridized carbons (Fsp3) is 0.182. The van der Waals surface area contributed by atoms with Gasteiger partial charge < -0.3 is 4.74 Å².